The molecule has 0 radical (unpaired) electrons. The molecule has 0 unspecified atom stereocenters. The number of nitrogens with zero attached hydrogens (tertiary/aromatic N) is 2. The van der Waals surface area contributed by atoms with Crippen molar-refractivity contribution in [2.24, 2.45) is 7.05 Å². The van der Waals surface area contributed by atoms with Crippen LogP contribution in [0.15, 0.2) is 30.5 Å². The minimum Gasteiger partial charge on any atom is -0.347 e. The van der Waals surface area contributed by atoms with Crippen molar-refractivity contribution in [3.8, 4) is 0 Å². The second kappa shape index (κ2) is 5.18. The Morgan fingerprint density at radius 2 is 2.11 bits per heavy atom. The van der Waals surface area contributed by atoms with E-state index in [1.807, 2.05) is 0 Å². The Morgan fingerprint density at radius 1 is 1.44 bits per heavy atom. The van der Waals surface area contributed by atoms with Crippen LogP contribution >= 0.6 is 11.6 Å². The summed E-state index contributed by atoms with van der Waals surface area (Å²) in [5.74, 6) is -0.664. The molecule has 1 aromatic heterocycles. The van der Waals surface area contributed by atoms with Crippen LogP contribution in [0.25, 0.3) is 0 Å². The van der Waals surface area contributed by atoms with Crippen LogP contribution in [0, 0.1) is 5.82 Å². The molecule has 0 saturated heterocycles. The second-order valence-electron chi connectivity index (χ2n) is 3.81. The first-order valence-corrected chi connectivity index (χ1v) is 5.66. The van der Waals surface area contributed by atoms with E-state index in [0.717, 1.165) is 5.56 Å². The van der Waals surface area contributed by atoms with Gasteiger partial charge in [-0.3, -0.25) is 9.48 Å². The van der Waals surface area contributed by atoms with Gasteiger partial charge in [-0.05, 0) is 17.7 Å². The quantitative estimate of drug-likeness (QED) is 0.926. The zero-order chi connectivity index (χ0) is 13.1. The molecule has 1 aromatic carbocycles. The average Bonchev–Trinajstić information content (AvgIpc) is 2.67. The third-order valence-electron chi connectivity index (χ3n) is 2.37. The molecule has 1 heterocycles. The lowest BCUT2D eigenvalue weighted by molar-refractivity contribution is 0.0945. The molecule has 0 spiro atoms. The van der Waals surface area contributed by atoms with Crippen LogP contribution in [0.1, 0.15) is 16.1 Å². The van der Waals surface area contributed by atoms with E-state index in [9.17, 15) is 9.18 Å². The van der Waals surface area contributed by atoms with Crippen molar-refractivity contribution in [1.82, 2.24) is 15.1 Å². The molecule has 94 valence electrons. The smallest absolute Gasteiger partial charge is 0.273 e. The third kappa shape index (κ3) is 2.87. The third-order valence-corrected chi connectivity index (χ3v) is 2.64. The van der Waals surface area contributed by atoms with Gasteiger partial charge in [0.15, 0.2) is 5.69 Å². The van der Waals surface area contributed by atoms with E-state index in [1.54, 1.807) is 25.4 Å². The lowest BCUT2D eigenvalue weighted by Gasteiger charge is -2.03. The van der Waals surface area contributed by atoms with Crippen molar-refractivity contribution in [3.63, 3.8) is 0 Å². The number of aromatic nitrogens is 2. The summed E-state index contributed by atoms with van der Waals surface area (Å²) in [6, 6.07) is 5.90. The molecular formula is C12H11ClFN3O. The summed E-state index contributed by atoms with van der Waals surface area (Å²) in [5, 5.41) is 6.92. The summed E-state index contributed by atoms with van der Waals surface area (Å²) in [6.07, 6.45) is 1.55. The fraction of sp³-hybridized carbons (Fsp3) is 0.167. The molecule has 0 aliphatic rings. The summed E-state index contributed by atoms with van der Waals surface area (Å²) in [5.41, 5.74) is 0.984. The van der Waals surface area contributed by atoms with Gasteiger partial charge in [-0.1, -0.05) is 23.7 Å². The highest BCUT2D eigenvalue weighted by atomic mass is 35.5. The van der Waals surface area contributed by atoms with E-state index < -0.39 is 0 Å². The van der Waals surface area contributed by atoms with E-state index in [4.69, 9.17) is 11.6 Å². The molecule has 0 saturated carbocycles. The Morgan fingerprint density at radius 3 is 2.67 bits per heavy atom. The zero-order valence-corrected chi connectivity index (χ0v) is 10.4. The van der Waals surface area contributed by atoms with Crippen LogP contribution in [-0.4, -0.2) is 15.7 Å². The fourth-order valence-corrected chi connectivity index (χ4v) is 1.75. The molecule has 1 N–H and O–H groups in total. The highest BCUT2D eigenvalue weighted by Crippen LogP contribution is 2.13. The number of carbonyl (C=O) groups is 1. The molecule has 18 heavy (non-hydrogen) atoms. The SMILES string of the molecule is Cn1cc(Cl)c(C(=O)NCc2ccc(F)cc2)n1. The van der Waals surface area contributed by atoms with E-state index >= 15 is 0 Å². The van der Waals surface area contributed by atoms with Gasteiger partial charge >= 0.3 is 0 Å². The summed E-state index contributed by atoms with van der Waals surface area (Å²) in [4.78, 5) is 11.8. The Bertz CT molecular complexity index is 565. The fourth-order valence-electron chi connectivity index (χ4n) is 1.48. The maximum absolute atomic E-state index is 12.7. The summed E-state index contributed by atoms with van der Waals surface area (Å²) >= 11 is 5.85. The molecule has 2 rings (SSSR count). The van der Waals surface area contributed by atoms with Gasteiger partial charge in [0, 0.05) is 19.8 Å². The van der Waals surface area contributed by atoms with Crippen molar-refractivity contribution >= 4 is 17.5 Å². The van der Waals surface area contributed by atoms with Crippen LogP contribution in [-0.2, 0) is 13.6 Å². The summed E-state index contributed by atoms with van der Waals surface area (Å²) < 4.78 is 14.2. The summed E-state index contributed by atoms with van der Waals surface area (Å²) in [7, 11) is 1.68. The Labute approximate surface area is 108 Å². The van der Waals surface area contributed by atoms with Crippen LogP contribution in [0.3, 0.4) is 0 Å². The van der Waals surface area contributed by atoms with Gasteiger partial charge in [-0.15, -0.1) is 0 Å². The summed E-state index contributed by atoms with van der Waals surface area (Å²) in [6.45, 7) is 0.298. The molecule has 6 heteroatoms. The number of aryl methyl sites for hydroxylation is 1. The molecule has 0 aliphatic carbocycles. The van der Waals surface area contributed by atoms with Gasteiger partial charge in [0.05, 0.1) is 5.02 Å². The normalized spacial score (nSPS) is 10.4. The predicted molar refractivity (Wildman–Crippen MR) is 65.8 cm³/mol. The number of halogens is 2. The van der Waals surface area contributed by atoms with E-state index in [-0.39, 0.29) is 17.4 Å². The first-order chi connectivity index (χ1) is 8.56. The number of nitrogens with one attached hydrogen (secondary N) is 1. The van der Waals surface area contributed by atoms with Gasteiger partial charge in [0.2, 0.25) is 0 Å². The average molecular weight is 268 g/mol. The van der Waals surface area contributed by atoms with Crippen LogP contribution < -0.4 is 5.32 Å². The lowest BCUT2D eigenvalue weighted by atomic mass is 10.2. The first-order valence-electron chi connectivity index (χ1n) is 5.28. The second-order valence-corrected chi connectivity index (χ2v) is 4.22. The maximum atomic E-state index is 12.7. The van der Waals surface area contributed by atoms with Crippen LogP contribution in [0.2, 0.25) is 5.02 Å². The number of rotatable bonds is 3. The van der Waals surface area contributed by atoms with E-state index in [0.29, 0.717) is 11.6 Å². The van der Waals surface area contributed by atoms with Gasteiger partial charge in [0.25, 0.3) is 5.91 Å². The molecule has 0 fully saturated rings. The molecular weight excluding hydrogens is 257 g/mol. The number of benzene rings is 1. The van der Waals surface area contributed by atoms with Crippen molar-refractivity contribution in [1.29, 1.82) is 0 Å². The topological polar surface area (TPSA) is 46.9 Å². The van der Waals surface area contributed by atoms with Gasteiger partial charge in [0.1, 0.15) is 5.82 Å². The molecule has 0 bridgehead atoms. The first kappa shape index (κ1) is 12.6. The highest BCUT2D eigenvalue weighted by molar-refractivity contribution is 6.33. The van der Waals surface area contributed by atoms with Crippen molar-refractivity contribution in [2.45, 2.75) is 6.54 Å². The Balaban J connectivity index is 2.00. The standard InChI is InChI=1S/C12H11ClFN3O/c1-17-7-10(13)11(16-17)12(18)15-6-8-2-4-9(14)5-3-8/h2-5,7H,6H2,1H3,(H,15,18). The molecule has 1 amide bonds. The minimum atomic E-state index is -0.357. The molecule has 2 aromatic rings. The Hall–Kier alpha value is -1.88. The van der Waals surface area contributed by atoms with Crippen LogP contribution in [0.5, 0.6) is 0 Å². The van der Waals surface area contributed by atoms with Crippen molar-refractivity contribution < 1.29 is 9.18 Å². The van der Waals surface area contributed by atoms with Gasteiger partial charge < -0.3 is 5.32 Å². The predicted octanol–water partition coefficient (Wildman–Crippen LogP) is 2.14. The van der Waals surface area contributed by atoms with Gasteiger partial charge in [-0.25, -0.2) is 4.39 Å². The number of hydrogen-bond donors (Lipinski definition) is 1. The zero-order valence-electron chi connectivity index (χ0n) is 9.65. The van der Waals surface area contributed by atoms with Gasteiger partial charge in [-0.2, -0.15) is 5.10 Å². The number of amides is 1. The van der Waals surface area contributed by atoms with Crippen LogP contribution in [0.4, 0.5) is 4.39 Å². The van der Waals surface area contributed by atoms with Crippen molar-refractivity contribution in [3.05, 3.63) is 52.6 Å². The minimum absolute atomic E-state index is 0.182. The largest absolute Gasteiger partial charge is 0.347 e. The number of hydrogen-bond acceptors (Lipinski definition) is 2. The molecule has 0 atom stereocenters. The van der Waals surface area contributed by atoms with Crippen molar-refractivity contribution in [2.75, 3.05) is 0 Å². The Kier molecular flexibility index (Phi) is 3.62. The molecule has 4 nitrogen and oxygen atoms in total. The maximum Gasteiger partial charge on any atom is 0.273 e. The molecule has 0 aliphatic heterocycles. The number of carbonyl (C=O) groups excluding carboxylic acids is 1. The highest BCUT2D eigenvalue weighted by Gasteiger charge is 2.13. The lowest BCUT2D eigenvalue weighted by Crippen LogP contribution is -2.23. The monoisotopic (exact) mass is 267 g/mol. The van der Waals surface area contributed by atoms with E-state index in [1.165, 1.54) is 16.8 Å². The van der Waals surface area contributed by atoms with E-state index in [2.05, 4.69) is 10.4 Å².